The van der Waals surface area contributed by atoms with Gasteiger partial charge in [0.2, 0.25) is 0 Å². The van der Waals surface area contributed by atoms with Crippen LogP contribution in [0.25, 0.3) is 0 Å². The largest absolute Gasteiger partial charge is 0.396 e. The van der Waals surface area contributed by atoms with Gasteiger partial charge in [0.1, 0.15) is 12.2 Å². The third kappa shape index (κ3) is 2.47. The number of hydrogen-bond donors (Lipinski definition) is 3. The second-order valence-electron chi connectivity index (χ2n) is 5.00. The maximum absolute atomic E-state index is 9.67. The van der Waals surface area contributed by atoms with Crippen LogP contribution in [0.5, 0.6) is 0 Å². The Morgan fingerprint density at radius 3 is 2.53 bits per heavy atom. The maximum Gasteiger partial charge on any atom is 0.187 e. The summed E-state index contributed by atoms with van der Waals surface area (Å²) in [6.07, 6.45) is -1.93. The van der Waals surface area contributed by atoms with E-state index in [9.17, 15) is 5.11 Å². The van der Waals surface area contributed by atoms with Crippen LogP contribution in [0.2, 0.25) is 0 Å². The summed E-state index contributed by atoms with van der Waals surface area (Å²) < 4.78 is 16.8. The van der Waals surface area contributed by atoms with Gasteiger partial charge in [-0.3, -0.25) is 0 Å². The lowest BCUT2D eigenvalue weighted by atomic mass is 9.92. The van der Waals surface area contributed by atoms with E-state index in [0.717, 1.165) is 0 Å². The van der Waals surface area contributed by atoms with E-state index in [2.05, 4.69) is 0 Å². The van der Waals surface area contributed by atoms with Gasteiger partial charge in [-0.15, -0.1) is 0 Å². The molecule has 0 unspecified atom stereocenters. The summed E-state index contributed by atoms with van der Waals surface area (Å²) in [5.74, 6) is -0.882. The van der Waals surface area contributed by atoms with Crippen molar-refractivity contribution in [2.24, 2.45) is 5.92 Å². The van der Waals surface area contributed by atoms with Crippen LogP contribution >= 0.6 is 0 Å². The molecule has 2 aliphatic heterocycles. The van der Waals surface area contributed by atoms with Crippen molar-refractivity contribution in [2.45, 2.75) is 50.7 Å². The Labute approximate surface area is 100 Å². The molecule has 0 aliphatic carbocycles. The molecule has 6 nitrogen and oxygen atoms in total. The van der Waals surface area contributed by atoms with Crippen molar-refractivity contribution in [3.8, 4) is 0 Å². The standard InChI is InChI=1S/C11H20O6/c1-11(2)16-9-6(3-4-12)8(7(14)5-13)15-10(9)17-11/h6-10,12-14H,3-5H2,1-2H3/t6-,7-,8+,9-,10-/m1/s1. The summed E-state index contributed by atoms with van der Waals surface area (Å²) in [5, 5.41) is 27.7. The molecule has 3 N–H and O–H groups in total. The van der Waals surface area contributed by atoms with Crippen molar-refractivity contribution < 1.29 is 29.5 Å². The van der Waals surface area contributed by atoms with Crippen LogP contribution in [0.3, 0.4) is 0 Å². The predicted molar refractivity (Wildman–Crippen MR) is 57.0 cm³/mol. The van der Waals surface area contributed by atoms with E-state index in [1.54, 1.807) is 13.8 Å². The average Bonchev–Trinajstić information content (AvgIpc) is 2.72. The Hall–Kier alpha value is -0.240. The Bertz CT molecular complexity index is 269. The number of fused-ring (bicyclic) bond motifs is 1. The van der Waals surface area contributed by atoms with Gasteiger partial charge in [0.05, 0.1) is 12.7 Å². The lowest BCUT2D eigenvalue weighted by Gasteiger charge is -2.27. The molecule has 5 atom stereocenters. The highest BCUT2D eigenvalue weighted by molar-refractivity contribution is 4.95. The Kier molecular flexibility index (Phi) is 3.72. The highest BCUT2D eigenvalue weighted by Crippen LogP contribution is 2.42. The number of hydrogen-bond acceptors (Lipinski definition) is 6. The molecular formula is C11H20O6. The topological polar surface area (TPSA) is 88.4 Å². The molecular weight excluding hydrogens is 228 g/mol. The van der Waals surface area contributed by atoms with Crippen LogP contribution in [0.1, 0.15) is 20.3 Å². The molecule has 2 rings (SSSR count). The van der Waals surface area contributed by atoms with E-state index < -0.39 is 24.3 Å². The lowest BCUT2D eigenvalue weighted by molar-refractivity contribution is -0.222. The summed E-state index contributed by atoms with van der Waals surface area (Å²) in [6.45, 7) is 3.19. The van der Waals surface area contributed by atoms with Gasteiger partial charge in [-0.2, -0.15) is 0 Å². The molecule has 100 valence electrons. The first-order valence-electron chi connectivity index (χ1n) is 5.89. The molecule has 0 saturated carbocycles. The molecule has 0 radical (unpaired) electrons. The molecule has 0 aromatic rings. The second-order valence-corrected chi connectivity index (χ2v) is 5.00. The highest BCUT2D eigenvalue weighted by Gasteiger charge is 2.55. The molecule has 2 heterocycles. The lowest BCUT2D eigenvalue weighted by Crippen LogP contribution is -2.39. The summed E-state index contributed by atoms with van der Waals surface area (Å²) in [7, 11) is 0. The third-order valence-corrected chi connectivity index (χ3v) is 3.25. The van der Waals surface area contributed by atoms with E-state index in [1.807, 2.05) is 0 Å². The average molecular weight is 248 g/mol. The summed E-state index contributed by atoms with van der Waals surface area (Å²) in [5.41, 5.74) is 0. The molecule has 0 bridgehead atoms. The van der Waals surface area contributed by atoms with E-state index in [-0.39, 0.29) is 25.2 Å². The summed E-state index contributed by atoms with van der Waals surface area (Å²) >= 11 is 0. The van der Waals surface area contributed by atoms with E-state index >= 15 is 0 Å². The summed E-state index contributed by atoms with van der Waals surface area (Å²) in [4.78, 5) is 0. The van der Waals surface area contributed by atoms with Crippen molar-refractivity contribution in [2.75, 3.05) is 13.2 Å². The van der Waals surface area contributed by atoms with Gasteiger partial charge in [-0.05, 0) is 20.3 Å². The molecule has 0 spiro atoms. The van der Waals surface area contributed by atoms with Gasteiger partial charge in [-0.25, -0.2) is 0 Å². The van der Waals surface area contributed by atoms with Crippen molar-refractivity contribution in [1.29, 1.82) is 0 Å². The minimum Gasteiger partial charge on any atom is -0.396 e. The monoisotopic (exact) mass is 248 g/mol. The first kappa shape index (κ1) is 13.2. The molecule has 0 aromatic carbocycles. The van der Waals surface area contributed by atoms with Gasteiger partial charge in [0, 0.05) is 12.5 Å². The molecule has 2 saturated heterocycles. The predicted octanol–water partition coefficient (Wildman–Crippen LogP) is -0.785. The minimum atomic E-state index is -0.979. The van der Waals surface area contributed by atoms with E-state index in [4.69, 9.17) is 24.4 Å². The van der Waals surface area contributed by atoms with Crippen molar-refractivity contribution in [1.82, 2.24) is 0 Å². The molecule has 6 heteroatoms. The van der Waals surface area contributed by atoms with Crippen LogP contribution in [-0.4, -0.2) is 58.9 Å². The normalized spacial score (nSPS) is 41.5. The molecule has 2 fully saturated rings. The molecule has 0 aromatic heterocycles. The Morgan fingerprint density at radius 1 is 1.24 bits per heavy atom. The number of ether oxygens (including phenoxy) is 3. The van der Waals surface area contributed by atoms with Gasteiger partial charge < -0.3 is 29.5 Å². The smallest absolute Gasteiger partial charge is 0.187 e. The summed E-state index contributed by atoms with van der Waals surface area (Å²) in [6, 6.07) is 0. The van der Waals surface area contributed by atoms with Crippen LogP contribution < -0.4 is 0 Å². The van der Waals surface area contributed by atoms with Crippen molar-refractivity contribution in [3.05, 3.63) is 0 Å². The Morgan fingerprint density at radius 2 is 1.94 bits per heavy atom. The van der Waals surface area contributed by atoms with Gasteiger partial charge in [0.15, 0.2) is 12.1 Å². The zero-order valence-corrected chi connectivity index (χ0v) is 10.1. The fraction of sp³-hybridized carbons (Fsp3) is 1.00. The first-order valence-corrected chi connectivity index (χ1v) is 5.89. The number of aliphatic hydroxyl groups excluding tert-OH is 3. The van der Waals surface area contributed by atoms with Gasteiger partial charge >= 0.3 is 0 Å². The van der Waals surface area contributed by atoms with Crippen LogP contribution in [0.4, 0.5) is 0 Å². The van der Waals surface area contributed by atoms with Crippen molar-refractivity contribution in [3.63, 3.8) is 0 Å². The molecule has 2 aliphatic rings. The third-order valence-electron chi connectivity index (χ3n) is 3.25. The van der Waals surface area contributed by atoms with Crippen LogP contribution in [0.15, 0.2) is 0 Å². The Balaban J connectivity index is 2.10. The molecule has 0 amide bonds. The maximum atomic E-state index is 9.67. The minimum absolute atomic E-state index is 0.0182. The van der Waals surface area contributed by atoms with Gasteiger partial charge in [0.25, 0.3) is 0 Å². The fourth-order valence-corrected chi connectivity index (χ4v) is 2.55. The number of aliphatic hydroxyl groups is 3. The van der Waals surface area contributed by atoms with E-state index in [1.165, 1.54) is 0 Å². The molecule has 17 heavy (non-hydrogen) atoms. The van der Waals surface area contributed by atoms with Crippen LogP contribution in [0, 0.1) is 5.92 Å². The van der Waals surface area contributed by atoms with Crippen LogP contribution in [-0.2, 0) is 14.2 Å². The SMILES string of the molecule is CC1(C)O[C@H]2O[C@H]([C@H](O)CO)[C@@H](CCO)[C@H]2O1. The quantitative estimate of drug-likeness (QED) is 0.604. The van der Waals surface area contributed by atoms with Crippen molar-refractivity contribution >= 4 is 0 Å². The second kappa shape index (κ2) is 4.79. The van der Waals surface area contributed by atoms with Gasteiger partial charge in [-0.1, -0.05) is 0 Å². The van der Waals surface area contributed by atoms with E-state index in [0.29, 0.717) is 6.42 Å². The zero-order valence-electron chi connectivity index (χ0n) is 10.1. The number of rotatable bonds is 4. The first-order chi connectivity index (χ1) is 7.98. The highest BCUT2D eigenvalue weighted by atomic mass is 16.8. The zero-order chi connectivity index (χ0) is 12.6. The fourth-order valence-electron chi connectivity index (χ4n) is 2.55.